The minimum absolute atomic E-state index is 0.0229. The number of rotatable bonds is 9. The summed E-state index contributed by atoms with van der Waals surface area (Å²) in [5.41, 5.74) is 3.91. The van der Waals surface area contributed by atoms with E-state index in [9.17, 15) is 37.1 Å². The van der Waals surface area contributed by atoms with E-state index in [1.165, 1.54) is 16.7 Å². The smallest absolute Gasteiger partial charge is 0.406 e. The zero-order valence-electron chi connectivity index (χ0n) is 45.1. The lowest BCUT2D eigenvalue weighted by Crippen LogP contribution is -2.62. The SMILES string of the molecule is CO[C@@H](C)c1ncccc1-c1c2c3cc(ccc3n1CC(F)(F)F)N1CCO[C@@H](C[C@H](NC(=O)[C@H](C(C)C)N3CC[C@@]4(CCN(C(=O)C#CC(C)(C)N(C)C)C4)C3=O)C(=O)N3CCCC(N3)C(=O)OCC(C)(C)C2)C1. The van der Waals surface area contributed by atoms with Crippen LogP contribution in [-0.2, 0) is 51.1 Å². The van der Waals surface area contributed by atoms with Crippen LogP contribution in [0.15, 0.2) is 36.5 Å². The quantitative estimate of drug-likeness (QED) is 0.204. The Labute approximate surface area is 438 Å². The van der Waals surface area contributed by atoms with E-state index in [1.807, 2.05) is 66.6 Å². The molecule has 0 radical (unpaired) electrons. The molecule has 408 valence electrons. The number of halogens is 3. The number of cyclic esters (lactones) is 1. The number of morpholine rings is 1. The van der Waals surface area contributed by atoms with Crippen LogP contribution in [-0.4, -0.2) is 168 Å². The molecule has 8 rings (SSSR count). The maximum Gasteiger partial charge on any atom is 0.406 e. The van der Waals surface area contributed by atoms with Gasteiger partial charge in [-0.25, -0.2) is 5.43 Å². The number of likely N-dealkylation sites (tertiary alicyclic amines) is 2. The summed E-state index contributed by atoms with van der Waals surface area (Å²) in [6.07, 6.45) is -2.24. The Bertz CT molecular complexity index is 2730. The normalized spacial score (nSPS) is 24.6. The van der Waals surface area contributed by atoms with Gasteiger partial charge in [-0.2, -0.15) is 13.2 Å². The first kappa shape index (κ1) is 55.5. The Balaban J connectivity index is 1.12. The molecule has 1 unspecified atom stereocenters. The second-order valence-electron chi connectivity index (χ2n) is 22.9. The number of hydrogen-bond acceptors (Lipinski definition) is 12. The van der Waals surface area contributed by atoms with Gasteiger partial charge in [-0.1, -0.05) is 33.6 Å². The number of esters is 1. The van der Waals surface area contributed by atoms with Gasteiger partial charge in [0.1, 0.15) is 24.7 Å². The average Bonchev–Trinajstić information content (AvgIpc) is 4.03. The fourth-order valence-corrected chi connectivity index (χ4v) is 11.3. The molecular formula is C55H74F3N9O8. The van der Waals surface area contributed by atoms with Crippen LogP contribution in [0.5, 0.6) is 0 Å². The first-order valence-electron chi connectivity index (χ1n) is 26.2. The summed E-state index contributed by atoms with van der Waals surface area (Å²) in [6.45, 7) is 13.8. The maximum absolute atomic E-state index is 14.9. The minimum Gasteiger partial charge on any atom is -0.464 e. The molecule has 2 N–H and O–H groups in total. The summed E-state index contributed by atoms with van der Waals surface area (Å²) in [6, 6.07) is 5.83. The molecule has 4 amide bonds. The van der Waals surface area contributed by atoms with Crippen molar-refractivity contribution in [1.29, 1.82) is 0 Å². The molecular weight excluding hydrogens is 972 g/mol. The number of fused-ring (bicyclic) bond motifs is 6. The van der Waals surface area contributed by atoms with Crippen LogP contribution in [0.3, 0.4) is 0 Å². The van der Waals surface area contributed by atoms with E-state index in [-0.39, 0.29) is 70.0 Å². The first-order chi connectivity index (χ1) is 35.3. The Kier molecular flexibility index (Phi) is 16.1. The molecule has 0 saturated carbocycles. The standard InChI is InChI=1S/C55H74F3N9O8/c1-34(2)46(65-24-20-54(51(65)72)19-23-64(31-54)44(68)17-18-53(6,7)62(8)9)48(69)60-42-28-37-30-63(25-26-74-37)36-15-16-43-39(27-36)40(29-52(4,5)33-75-50(71)41-14-12-22-67(61-41)49(42)70)47(66(43)32-55(56,57)58)38-13-11-21-59-45(38)35(3)73-10/h11,13,15-16,21,27,34-35,37,41-42,46,61H,12,14,19-20,22-26,28-33H2,1-10H3,(H,60,69)/t35-,37-,41?,42-,46-,54+/m0/s1. The fraction of sp³-hybridized carbons (Fsp3) is 0.636. The van der Waals surface area contributed by atoms with Gasteiger partial charge in [-0.05, 0) is 115 Å². The van der Waals surface area contributed by atoms with Crippen molar-refractivity contribution in [2.45, 2.75) is 136 Å². The topological polar surface area (TPSA) is 171 Å². The van der Waals surface area contributed by atoms with Gasteiger partial charge in [0, 0.05) is 86.6 Å². The highest BCUT2D eigenvalue weighted by Gasteiger charge is 2.54. The third kappa shape index (κ3) is 11.8. The molecule has 6 atom stereocenters. The van der Waals surface area contributed by atoms with E-state index in [1.54, 1.807) is 47.2 Å². The van der Waals surface area contributed by atoms with Crippen molar-refractivity contribution in [2.75, 3.05) is 78.6 Å². The second-order valence-corrected chi connectivity index (χ2v) is 22.9. The monoisotopic (exact) mass is 1050 g/mol. The van der Waals surface area contributed by atoms with Crippen molar-refractivity contribution in [2.24, 2.45) is 16.7 Å². The molecule has 4 saturated heterocycles. The highest BCUT2D eigenvalue weighted by atomic mass is 19.4. The van der Waals surface area contributed by atoms with E-state index >= 15 is 0 Å². The second kappa shape index (κ2) is 21.7. The number of ether oxygens (including phenoxy) is 3. The molecule has 0 aliphatic carbocycles. The molecule has 5 aliphatic rings. The van der Waals surface area contributed by atoms with Crippen molar-refractivity contribution in [1.82, 2.24) is 40.0 Å². The zero-order chi connectivity index (χ0) is 54.4. The molecule has 3 aromatic rings. The van der Waals surface area contributed by atoms with E-state index in [4.69, 9.17) is 14.2 Å². The van der Waals surface area contributed by atoms with Crippen molar-refractivity contribution in [3.63, 3.8) is 0 Å². The van der Waals surface area contributed by atoms with Crippen molar-refractivity contribution in [3.8, 4) is 23.1 Å². The third-order valence-electron chi connectivity index (χ3n) is 16.0. The van der Waals surface area contributed by atoms with Gasteiger partial charge in [0.05, 0.1) is 47.8 Å². The molecule has 20 heteroatoms. The predicted molar refractivity (Wildman–Crippen MR) is 276 cm³/mol. The summed E-state index contributed by atoms with van der Waals surface area (Å²) >= 11 is 0. The number of methoxy groups -OCH3 is 1. The van der Waals surface area contributed by atoms with Crippen LogP contribution in [0, 0.1) is 28.6 Å². The summed E-state index contributed by atoms with van der Waals surface area (Å²) < 4.78 is 63.7. The summed E-state index contributed by atoms with van der Waals surface area (Å²) in [5, 5.41) is 5.00. The van der Waals surface area contributed by atoms with Gasteiger partial charge in [-0.15, -0.1) is 0 Å². The molecule has 1 aromatic carbocycles. The maximum atomic E-state index is 14.9. The van der Waals surface area contributed by atoms with E-state index in [2.05, 4.69) is 32.5 Å². The van der Waals surface area contributed by atoms with Gasteiger partial charge >= 0.3 is 12.1 Å². The van der Waals surface area contributed by atoms with Crippen LogP contribution in [0.4, 0.5) is 18.9 Å². The van der Waals surface area contributed by atoms with Gasteiger partial charge in [0.2, 0.25) is 11.8 Å². The number of nitrogens with one attached hydrogen (secondary N) is 2. The number of carbonyl (C=O) groups is 5. The highest BCUT2D eigenvalue weighted by molar-refractivity contribution is 5.98. The lowest BCUT2D eigenvalue weighted by atomic mass is 9.84. The van der Waals surface area contributed by atoms with Crippen LogP contribution < -0.4 is 15.6 Å². The number of alkyl halides is 3. The number of carbonyl (C=O) groups excluding carboxylic acids is 5. The lowest BCUT2D eigenvalue weighted by molar-refractivity contribution is -0.156. The van der Waals surface area contributed by atoms with Crippen LogP contribution in [0.25, 0.3) is 22.2 Å². The Hall–Kier alpha value is -5.75. The average molecular weight is 1050 g/mol. The number of aromatic nitrogens is 2. The van der Waals surface area contributed by atoms with Crippen LogP contribution in [0.1, 0.15) is 97.9 Å². The summed E-state index contributed by atoms with van der Waals surface area (Å²) in [4.78, 5) is 83.4. The van der Waals surface area contributed by atoms with Gasteiger partial charge in [-0.3, -0.25) is 38.9 Å². The third-order valence-corrected chi connectivity index (χ3v) is 16.0. The Morgan fingerprint density at radius 3 is 2.51 bits per heavy atom. The number of anilines is 1. The lowest BCUT2D eigenvalue weighted by Gasteiger charge is -2.39. The molecule has 17 nitrogen and oxygen atoms in total. The van der Waals surface area contributed by atoms with E-state index in [0.29, 0.717) is 72.2 Å². The number of hydrogen-bond donors (Lipinski definition) is 2. The van der Waals surface area contributed by atoms with Crippen LogP contribution >= 0.6 is 0 Å². The minimum atomic E-state index is -4.59. The molecule has 4 fully saturated rings. The highest BCUT2D eigenvalue weighted by Crippen LogP contribution is 2.44. The predicted octanol–water partition coefficient (Wildman–Crippen LogP) is 5.49. The Morgan fingerprint density at radius 1 is 1.05 bits per heavy atom. The number of benzene rings is 1. The molecule has 2 aromatic heterocycles. The van der Waals surface area contributed by atoms with Crippen molar-refractivity contribution in [3.05, 3.63) is 47.8 Å². The first-order valence-corrected chi connectivity index (χ1v) is 26.2. The fourth-order valence-electron chi connectivity index (χ4n) is 11.3. The number of nitrogens with zero attached hydrogens (tertiary/aromatic N) is 7. The molecule has 5 aliphatic heterocycles. The van der Waals surface area contributed by atoms with Gasteiger partial charge < -0.3 is 38.8 Å². The van der Waals surface area contributed by atoms with Crippen LogP contribution in [0.2, 0.25) is 0 Å². The Morgan fingerprint density at radius 2 is 1.80 bits per heavy atom. The summed E-state index contributed by atoms with van der Waals surface area (Å²) in [7, 11) is 5.30. The molecule has 7 heterocycles. The molecule has 6 bridgehead atoms. The number of amides is 4. The van der Waals surface area contributed by atoms with Gasteiger partial charge in [0.25, 0.3) is 11.8 Å². The number of hydrazine groups is 1. The molecule has 1 spiro atoms. The number of pyridine rings is 1. The van der Waals surface area contributed by atoms with Crippen molar-refractivity contribution < 1.29 is 51.4 Å². The molecule has 75 heavy (non-hydrogen) atoms. The largest absolute Gasteiger partial charge is 0.464 e. The zero-order valence-corrected chi connectivity index (χ0v) is 45.1. The van der Waals surface area contributed by atoms with E-state index in [0.717, 1.165) is 5.69 Å². The van der Waals surface area contributed by atoms with Gasteiger partial charge in [0.15, 0.2) is 0 Å². The summed E-state index contributed by atoms with van der Waals surface area (Å²) in [5.74, 6) is 3.29. The van der Waals surface area contributed by atoms with E-state index < -0.39 is 77.2 Å². The van der Waals surface area contributed by atoms with Crippen molar-refractivity contribution >= 4 is 46.2 Å².